The van der Waals surface area contributed by atoms with Crippen LogP contribution in [0.1, 0.15) is 35.4 Å². The highest BCUT2D eigenvalue weighted by Gasteiger charge is 2.70. The van der Waals surface area contributed by atoms with Crippen molar-refractivity contribution < 1.29 is 37.5 Å². The standard InChI is InChI=1S/C42H28BrCl2F3N4O5/c43-23-8-12-25(13-9-23)51-37(54)28-16-15-27-30(33(28)39(51)56)18-31-38(55)52(50-36-32(45)17-22(19-49-36)42(46,47)48)40(57)41(31,21-6-10-24(44)11-7-21)34(27)29-14-5-20-3-1-2-4-26(20)35(29)53/h1-15,17,19,28,30-31,33-34,53H,16,18H2,(H,49,50)/t28-,30+,31-,33-,34+,41+/m0/s1. The average molecular weight is 877 g/mol. The fourth-order valence-corrected chi connectivity index (χ4v) is 10.1. The van der Waals surface area contributed by atoms with Crippen LogP contribution in [0.15, 0.2) is 113 Å². The number of alkyl halides is 3. The summed E-state index contributed by atoms with van der Waals surface area (Å²) in [7, 11) is 0. The number of anilines is 2. The van der Waals surface area contributed by atoms with E-state index < -0.39 is 69.5 Å². The van der Waals surface area contributed by atoms with Gasteiger partial charge in [0.15, 0.2) is 5.82 Å². The Kier molecular flexibility index (Phi) is 8.79. The number of rotatable bonds is 5. The summed E-state index contributed by atoms with van der Waals surface area (Å²) in [5.74, 6) is -7.64. The van der Waals surface area contributed by atoms with Crippen molar-refractivity contribution in [2.75, 3.05) is 10.3 Å². The van der Waals surface area contributed by atoms with Gasteiger partial charge >= 0.3 is 6.18 Å². The second kappa shape index (κ2) is 13.4. The molecule has 2 saturated heterocycles. The van der Waals surface area contributed by atoms with Gasteiger partial charge < -0.3 is 5.11 Å². The van der Waals surface area contributed by atoms with Gasteiger partial charge in [-0.25, -0.2) is 4.98 Å². The molecule has 2 aliphatic heterocycles. The minimum Gasteiger partial charge on any atom is -0.507 e. The number of fused-ring (bicyclic) bond motifs is 5. The fraction of sp³-hybridized carbons (Fsp3) is 0.214. The van der Waals surface area contributed by atoms with Crippen molar-refractivity contribution >= 4 is 85.0 Å². The normalized spacial score (nSPS) is 25.7. The Morgan fingerprint density at radius 3 is 2.30 bits per heavy atom. The molecular formula is C42H28BrCl2F3N4O5. The summed E-state index contributed by atoms with van der Waals surface area (Å²) in [5, 5.41) is 13.9. The molecule has 57 heavy (non-hydrogen) atoms. The number of carbonyl (C=O) groups excluding carboxylic acids is 4. The SMILES string of the molecule is O=C1[C@@H]2C[C@@H]3C(=CC[C@@H]4C(=O)N(c5ccc(Br)cc5)C(=O)[C@@H]43)[C@H](c3ccc4ccccc4c3O)[C@]2(c2ccc(Cl)cc2)C(=O)N1Nc1ncc(C(F)(F)F)cc1Cl. The first-order valence-corrected chi connectivity index (χ1v) is 19.4. The van der Waals surface area contributed by atoms with Crippen molar-refractivity contribution in [3.63, 3.8) is 0 Å². The van der Waals surface area contributed by atoms with Crippen LogP contribution < -0.4 is 10.3 Å². The number of hydrazine groups is 1. The maximum atomic E-state index is 15.5. The second-order valence-corrected chi connectivity index (χ2v) is 16.4. The summed E-state index contributed by atoms with van der Waals surface area (Å²) in [5.41, 5.74) is 1.35. The highest BCUT2D eigenvalue weighted by Crippen LogP contribution is 2.65. The number of halogens is 6. The maximum Gasteiger partial charge on any atom is 0.417 e. The Labute approximate surface area is 341 Å². The summed E-state index contributed by atoms with van der Waals surface area (Å²) in [6.07, 6.45) is -2.28. The monoisotopic (exact) mass is 874 g/mol. The zero-order valence-electron chi connectivity index (χ0n) is 29.3. The summed E-state index contributed by atoms with van der Waals surface area (Å²) in [6, 6.07) is 24.5. The third-order valence-corrected chi connectivity index (χ3v) is 13.0. The van der Waals surface area contributed by atoms with Crippen molar-refractivity contribution in [1.82, 2.24) is 9.99 Å². The molecule has 3 fully saturated rings. The molecule has 1 saturated carbocycles. The fourth-order valence-electron chi connectivity index (χ4n) is 9.48. The van der Waals surface area contributed by atoms with E-state index in [1.165, 1.54) is 4.90 Å². The lowest BCUT2D eigenvalue weighted by Crippen LogP contribution is -2.53. The molecule has 288 valence electrons. The molecule has 6 atom stereocenters. The smallest absolute Gasteiger partial charge is 0.417 e. The minimum absolute atomic E-state index is 0.0649. The van der Waals surface area contributed by atoms with Crippen LogP contribution in [0.4, 0.5) is 24.7 Å². The van der Waals surface area contributed by atoms with Gasteiger partial charge in [0, 0.05) is 32.6 Å². The Balaban J connectivity index is 1.25. The largest absolute Gasteiger partial charge is 0.507 e. The van der Waals surface area contributed by atoms with E-state index in [2.05, 4.69) is 26.3 Å². The Bertz CT molecular complexity index is 2590. The van der Waals surface area contributed by atoms with Crippen LogP contribution in [0.5, 0.6) is 5.75 Å². The Hall–Kier alpha value is -5.24. The van der Waals surface area contributed by atoms with E-state index in [0.29, 0.717) is 50.4 Å². The molecule has 0 spiro atoms. The number of aromatic nitrogens is 1. The number of imide groups is 2. The summed E-state index contributed by atoms with van der Waals surface area (Å²) >= 11 is 16.1. The number of allylic oxidation sites excluding steroid dienone is 2. The molecule has 3 heterocycles. The first-order valence-electron chi connectivity index (χ1n) is 17.9. The van der Waals surface area contributed by atoms with Crippen molar-refractivity contribution in [2.45, 2.75) is 30.4 Å². The van der Waals surface area contributed by atoms with Gasteiger partial charge in [-0.15, -0.1) is 0 Å². The number of benzene rings is 4. The molecule has 0 unspecified atom stereocenters. The number of aromatic hydroxyl groups is 1. The topological polar surface area (TPSA) is 120 Å². The van der Waals surface area contributed by atoms with E-state index >= 15 is 4.79 Å². The Morgan fingerprint density at radius 1 is 0.877 bits per heavy atom. The van der Waals surface area contributed by atoms with Crippen LogP contribution >= 0.6 is 39.1 Å². The Morgan fingerprint density at radius 2 is 1.60 bits per heavy atom. The van der Waals surface area contributed by atoms with Crippen LogP contribution in [0.3, 0.4) is 0 Å². The average Bonchev–Trinajstić information content (AvgIpc) is 3.57. The predicted molar refractivity (Wildman–Crippen MR) is 209 cm³/mol. The molecular weight excluding hydrogens is 848 g/mol. The molecule has 2 N–H and O–H groups in total. The third-order valence-electron chi connectivity index (χ3n) is 11.9. The van der Waals surface area contributed by atoms with Crippen LogP contribution in [0.25, 0.3) is 10.8 Å². The van der Waals surface area contributed by atoms with Gasteiger partial charge in [0.2, 0.25) is 11.8 Å². The zero-order chi connectivity index (χ0) is 40.1. The van der Waals surface area contributed by atoms with E-state index in [9.17, 15) is 32.7 Å². The van der Waals surface area contributed by atoms with Gasteiger partial charge in [-0.1, -0.05) is 99.3 Å². The number of pyridine rings is 1. The summed E-state index contributed by atoms with van der Waals surface area (Å²) in [4.78, 5) is 64.1. The minimum atomic E-state index is -4.76. The van der Waals surface area contributed by atoms with E-state index in [1.54, 1.807) is 72.8 Å². The third kappa shape index (κ3) is 5.60. The van der Waals surface area contributed by atoms with E-state index in [0.717, 1.165) is 9.48 Å². The van der Waals surface area contributed by atoms with E-state index in [-0.39, 0.29) is 30.3 Å². The van der Waals surface area contributed by atoms with Crippen molar-refractivity contribution in [3.8, 4) is 5.75 Å². The maximum absolute atomic E-state index is 15.5. The number of carbonyl (C=O) groups is 4. The molecule has 9 nitrogen and oxygen atoms in total. The number of nitrogens with zero attached hydrogens (tertiary/aromatic N) is 3. The van der Waals surface area contributed by atoms with E-state index in [4.69, 9.17) is 23.2 Å². The molecule has 0 radical (unpaired) electrons. The lowest BCUT2D eigenvalue weighted by molar-refractivity contribution is -0.139. The lowest BCUT2D eigenvalue weighted by atomic mass is 9.49. The zero-order valence-corrected chi connectivity index (χ0v) is 32.4. The van der Waals surface area contributed by atoms with E-state index in [1.807, 2.05) is 18.2 Å². The molecule has 0 bridgehead atoms. The first kappa shape index (κ1) is 37.3. The van der Waals surface area contributed by atoms with Gasteiger partial charge in [-0.2, -0.15) is 18.2 Å². The molecule has 4 aromatic carbocycles. The molecule has 2 aliphatic carbocycles. The van der Waals surface area contributed by atoms with Crippen LogP contribution in [0.2, 0.25) is 10.0 Å². The molecule has 9 rings (SSSR count). The lowest BCUT2D eigenvalue weighted by Gasteiger charge is -2.50. The van der Waals surface area contributed by atoms with Crippen molar-refractivity contribution in [3.05, 3.63) is 140 Å². The van der Waals surface area contributed by atoms with Crippen LogP contribution in [0, 0.1) is 23.7 Å². The van der Waals surface area contributed by atoms with Gasteiger partial charge in [0.25, 0.3) is 11.8 Å². The van der Waals surface area contributed by atoms with Crippen molar-refractivity contribution in [2.24, 2.45) is 23.7 Å². The number of phenols is 1. The van der Waals surface area contributed by atoms with Gasteiger partial charge in [-0.3, -0.25) is 29.5 Å². The number of phenolic OH excluding ortho intramolecular Hbond substituents is 1. The molecule has 4 aliphatic rings. The number of hydrogen-bond donors (Lipinski definition) is 2. The molecule has 5 aromatic rings. The van der Waals surface area contributed by atoms with Gasteiger partial charge in [0.1, 0.15) is 5.75 Å². The highest BCUT2D eigenvalue weighted by atomic mass is 79.9. The predicted octanol–water partition coefficient (Wildman–Crippen LogP) is 9.22. The summed E-state index contributed by atoms with van der Waals surface area (Å²) in [6.45, 7) is 0. The highest BCUT2D eigenvalue weighted by molar-refractivity contribution is 9.10. The number of amides is 4. The number of nitrogens with one attached hydrogen (secondary N) is 1. The molecule has 1 aromatic heterocycles. The first-order chi connectivity index (χ1) is 27.2. The van der Waals surface area contributed by atoms with Crippen molar-refractivity contribution in [1.29, 1.82) is 0 Å². The molecule has 15 heteroatoms. The number of hydrogen-bond acceptors (Lipinski definition) is 7. The quantitative estimate of drug-likeness (QED) is 0.134. The second-order valence-electron chi connectivity index (χ2n) is 14.6. The van der Waals surface area contributed by atoms with Gasteiger partial charge in [-0.05, 0) is 72.2 Å². The summed E-state index contributed by atoms with van der Waals surface area (Å²) < 4.78 is 41.4. The molecule has 4 amide bonds. The van der Waals surface area contributed by atoms with Gasteiger partial charge in [0.05, 0.1) is 39.4 Å². The van der Waals surface area contributed by atoms with Crippen LogP contribution in [-0.4, -0.2) is 38.7 Å². The van der Waals surface area contributed by atoms with Crippen LogP contribution in [-0.2, 0) is 30.8 Å².